The second-order valence-electron chi connectivity index (χ2n) is 5.29. The van der Waals surface area contributed by atoms with Crippen LogP contribution in [-0.2, 0) is 6.54 Å². The van der Waals surface area contributed by atoms with E-state index < -0.39 is 0 Å². The summed E-state index contributed by atoms with van der Waals surface area (Å²) in [5.41, 5.74) is 0.482. The number of carbonyl (C=O) groups is 1. The van der Waals surface area contributed by atoms with Crippen molar-refractivity contribution in [3.63, 3.8) is 0 Å². The summed E-state index contributed by atoms with van der Waals surface area (Å²) in [5, 5.41) is 11.4. The Morgan fingerprint density at radius 1 is 1.45 bits per heavy atom. The van der Waals surface area contributed by atoms with Gasteiger partial charge in [-0.1, -0.05) is 11.6 Å². The zero-order valence-corrected chi connectivity index (χ0v) is 13.0. The number of ether oxygens (including phenoxy) is 1. The molecule has 0 bridgehead atoms. The Bertz CT molecular complexity index is 682. The van der Waals surface area contributed by atoms with Crippen LogP contribution in [0, 0.1) is 0 Å². The molecule has 6 nitrogen and oxygen atoms in total. The van der Waals surface area contributed by atoms with E-state index in [1.807, 2.05) is 4.57 Å². The van der Waals surface area contributed by atoms with Crippen molar-refractivity contribution < 1.29 is 9.53 Å². The summed E-state index contributed by atoms with van der Waals surface area (Å²) in [4.78, 5) is 12.2. The fourth-order valence-electron chi connectivity index (χ4n) is 2.30. The molecule has 1 aromatic carbocycles. The molecule has 1 saturated carbocycles. The van der Waals surface area contributed by atoms with Crippen molar-refractivity contribution in [1.82, 2.24) is 20.1 Å². The van der Waals surface area contributed by atoms with Crippen LogP contribution < -0.4 is 10.1 Å². The summed E-state index contributed by atoms with van der Waals surface area (Å²) in [6.07, 6.45) is 4.06. The Labute approximate surface area is 133 Å². The van der Waals surface area contributed by atoms with Gasteiger partial charge in [0, 0.05) is 29.6 Å². The maximum absolute atomic E-state index is 12.2. The smallest absolute Gasteiger partial charge is 0.251 e. The molecule has 7 heteroatoms. The highest BCUT2D eigenvalue weighted by atomic mass is 35.5. The quantitative estimate of drug-likeness (QED) is 0.886. The molecule has 1 aromatic heterocycles. The third-order valence-electron chi connectivity index (χ3n) is 3.60. The molecule has 1 heterocycles. The molecule has 2 aromatic rings. The van der Waals surface area contributed by atoms with Crippen LogP contribution in [0.5, 0.6) is 5.75 Å². The van der Waals surface area contributed by atoms with Crippen LogP contribution in [0.4, 0.5) is 0 Å². The number of halogens is 1. The average molecular weight is 321 g/mol. The van der Waals surface area contributed by atoms with Crippen molar-refractivity contribution in [2.45, 2.75) is 25.3 Å². The molecule has 0 atom stereocenters. The van der Waals surface area contributed by atoms with Gasteiger partial charge in [0.05, 0.1) is 7.11 Å². The Morgan fingerprint density at radius 3 is 3.00 bits per heavy atom. The number of carbonyl (C=O) groups excluding carboxylic acids is 1. The van der Waals surface area contributed by atoms with Crippen molar-refractivity contribution >= 4 is 17.5 Å². The molecule has 1 aliphatic rings. The standard InChI is InChI=1S/C15H17ClN4O2/c1-22-13-7-11(6-12(16)8-13)15(21)17-4-5-20-9-18-19-14(20)10-2-3-10/h6-10H,2-5H2,1H3,(H,17,21). The van der Waals surface area contributed by atoms with E-state index in [4.69, 9.17) is 16.3 Å². The van der Waals surface area contributed by atoms with Crippen LogP contribution in [0.25, 0.3) is 0 Å². The van der Waals surface area contributed by atoms with Crippen LogP contribution >= 0.6 is 11.6 Å². The molecule has 0 aliphatic heterocycles. The number of nitrogens with zero attached hydrogens (tertiary/aromatic N) is 3. The molecular weight excluding hydrogens is 304 g/mol. The number of aromatic nitrogens is 3. The molecule has 1 aliphatic carbocycles. The van der Waals surface area contributed by atoms with E-state index in [0.717, 1.165) is 5.82 Å². The largest absolute Gasteiger partial charge is 0.497 e. The van der Waals surface area contributed by atoms with Gasteiger partial charge in [-0.25, -0.2) is 0 Å². The zero-order valence-electron chi connectivity index (χ0n) is 12.3. The van der Waals surface area contributed by atoms with Gasteiger partial charge in [-0.05, 0) is 31.0 Å². The van der Waals surface area contributed by atoms with Gasteiger partial charge >= 0.3 is 0 Å². The second kappa shape index (κ2) is 6.36. The lowest BCUT2D eigenvalue weighted by Gasteiger charge is -2.09. The lowest BCUT2D eigenvalue weighted by atomic mass is 10.2. The van der Waals surface area contributed by atoms with E-state index in [1.54, 1.807) is 31.6 Å². The van der Waals surface area contributed by atoms with E-state index in [0.29, 0.717) is 35.3 Å². The first-order chi connectivity index (χ1) is 10.7. The fourth-order valence-corrected chi connectivity index (χ4v) is 2.52. The summed E-state index contributed by atoms with van der Waals surface area (Å²) >= 11 is 5.97. The van der Waals surface area contributed by atoms with E-state index in [2.05, 4.69) is 15.5 Å². The minimum Gasteiger partial charge on any atom is -0.497 e. The molecule has 0 spiro atoms. The van der Waals surface area contributed by atoms with Crippen molar-refractivity contribution in [2.24, 2.45) is 0 Å². The van der Waals surface area contributed by atoms with E-state index in [9.17, 15) is 4.79 Å². The monoisotopic (exact) mass is 320 g/mol. The van der Waals surface area contributed by atoms with E-state index in [1.165, 1.54) is 12.8 Å². The fraction of sp³-hybridized carbons (Fsp3) is 0.400. The summed E-state index contributed by atoms with van der Waals surface area (Å²) in [5.74, 6) is 1.93. The first kappa shape index (κ1) is 14.8. The van der Waals surface area contributed by atoms with Crippen molar-refractivity contribution in [1.29, 1.82) is 0 Å². The van der Waals surface area contributed by atoms with Gasteiger partial charge in [0.15, 0.2) is 0 Å². The van der Waals surface area contributed by atoms with Crippen molar-refractivity contribution in [3.8, 4) is 5.75 Å². The molecule has 3 rings (SSSR count). The number of methoxy groups -OCH3 is 1. The second-order valence-corrected chi connectivity index (χ2v) is 5.73. The number of hydrogen-bond acceptors (Lipinski definition) is 4. The molecular formula is C15H17ClN4O2. The highest BCUT2D eigenvalue weighted by molar-refractivity contribution is 6.31. The van der Waals surface area contributed by atoms with Crippen LogP contribution in [-0.4, -0.2) is 34.3 Å². The van der Waals surface area contributed by atoms with Gasteiger partial charge in [0.2, 0.25) is 0 Å². The molecule has 1 fully saturated rings. The first-order valence-electron chi connectivity index (χ1n) is 7.18. The predicted octanol–water partition coefficient (Wildman–Crippen LogP) is 2.25. The van der Waals surface area contributed by atoms with Crippen LogP contribution in [0.1, 0.15) is 34.9 Å². The Balaban J connectivity index is 1.58. The van der Waals surface area contributed by atoms with Gasteiger partial charge in [-0.3, -0.25) is 4.79 Å². The molecule has 116 valence electrons. The van der Waals surface area contributed by atoms with Crippen LogP contribution in [0.15, 0.2) is 24.5 Å². The van der Waals surface area contributed by atoms with Crippen LogP contribution in [0.2, 0.25) is 5.02 Å². The highest BCUT2D eigenvalue weighted by Gasteiger charge is 2.28. The normalized spacial score (nSPS) is 13.9. The lowest BCUT2D eigenvalue weighted by Crippen LogP contribution is -2.27. The first-order valence-corrected chi connectivity index (χ1v) is 7.55. The summed E-state index contributed by atoms with van der Waals surface area (Å²) in [6.45, 7) is 1.16. The number of rotatable bonds is 6. The number of hydrogen-bond donors (Lipinski definition) is 1. The molecule has 1 amide bonds. The maximum atomic E-state index is 12.2. The number of benzene rings is 1. The minimum atomic E-state index is -0.179. The van der Waals surface area contributed by atoms with Crippen molar-refractivity contribution in [3.05, 3.63) is 40.9 Å². The molecule has 0 saturated heterocycles. The van der Waals surface area contributed by atoms with Gasteiger partial charge in [0.1, 0.15) is 17.9 Å². The number of amides is 1. The highest BCUT2D eigenvalue weighted by Crippen LogP contribution is 2.38. The van der Waals surface area contributed by atoms with Crippen molar-refractivity contribution in [2.75, 3.05) is 13.7 Å². The summed E-state index contributed by atoms with van der Waals surface area (Å²) < 4.78 is 7.11. The van der Waals surface area contributed by atoms with Crippen LogP contribution in [0.3, 0.4) is 0 Å². The lowest BCUT2D eigenvalue weighted by molar-refractivity contribution is 0.0952. The molecule has 22 heavy (non-hydrogen) atoms. The average Bonchev–Trinajstić information content (AvgIpc) is 3.25. The van der Waals surface area contributed by atoms with Gasteiger partial charge in [-0.2, -0.15) is 0 Å². The summed E-state index contributed by atoms with van der Waals surface area (Å²) in [7, 11) is 1.54. The third kappa shape index (κ3) is 3.39. The minimum absolute atomic E-state index is 0.179. The molecule has 0 unspecified atom stereocenters. The number of nitrogens with one attached hydrogen (secondary N) is 1. The van der Waals surface area contributed by atoms with Gasteiger partial charge in [-0.15, -0.1) is 10.2 Å². The predicted molar refractivity (Wildman–Crippen MR) is 82.3 cm³/mol. The van der Waals surface area contributed by atoms with Gasteiger partial charge in [0.25, 0.3) is 5.91 Å². The van der Waals surface area contributed by atoms with E-state index >= 15 is 0 Å². The summed E-state index contributed by atoms with van der Waals surface area (Å²) in [6, 6.07) is 4.95. The Hall–Kier alpha value is -2.08. The SMILES string of the molecule is COc1cc(Cl)cc(C(=O)NCCn2cnnc2C2CC2)c1. The Morgan fingerprint density at radius 2 is 2.27 bits per heavy atom. The third-order valence-corrected chi connectivity index (χ3v) is 3.81. The Kier molecular flexibility index (Phi) is 4.29. The molecule has 1 N–H and O–H groups in total. The zero-order chi connectivity index (χ0) is 15.5. The maximum Gasteiger partial charge on any atom is 0.251 e. The topological polar surface area (TPSA) is 69.0 Å². The van der Waals surface area contributed by atoms with E-state index in [-0.39, 0.29) is 5.91 Å². The van der Waals surface area contributed by atoms with Gasteiger partial charge < -0.3 is 14.6 Å². The molecule has 0 radical (unpaired) electrons.